The Hall–Kier alpha value is -1.41. The number of thiazole rings is 1. The topological polar surface area (TPSA) is 50.3 Å². The zero-order valence-corrected chi connectivity index (χ0v) is 18.9. The molecule has 1 saturated heterocycles. The largest absolute Gasteiger partial charge is 0.348 e. The van der Waals surface area contributed by atoms with E-state index in [4.69, 9.17) is 16.6 Å². The summed E-state index contributed by atoms with van der Waals surface area (Å²) in [6, 6.07) is 14.7. The van der Waals surface area contributed by atoms with Gasteiger partial charge in [-0.25, -0.2) is 13.4 Å². The Morgan fingerprint density at radius 3 is 2.57 bits per heavy atom. The van der Waals surface area contributed by atoms with Crippen LogP contribution in [0.25, 0.3) is 11.3 Å². The van der Waals surface area contributed by atoms with Crippen LogP contribution in [0.1, 0.15) is 12.8 Å². The molecule has 1 aliphatic rings. The normalized spacial score (nSPS) is 15.7. The lowest BCUT2D eigenvalue weighted by Crippen LogP contribution is -2.39. The monoisotopic (exact) mass is 496 g/mol. The molecule has 0 spiro atoms. The van der Waals surface area contributed by atoms with E-state index in [0.29, 0.717) is 31.0 Å². The molecule has 4 rings (SSSR count). The average Bonchev–Trinajstić information content (AvgIpc) is 3.19. The van der Waals surface area contributed by atoms with Crippen LogP contribution >= 0.6 is 38.9 Å². The molecule has 0 aliphatic carbocycles. The molecule has 28 heavy (non-hydrogen) atoms. The number of halogens is 2. The Balaban J connectivity index is 1.47. The van der Waals surface area contributed by atoms with Gasteiger partial charge in [0.05, 0.1) is 20.9 Å². The van der Waals surface area contributed by atoms with E-state index in [1.165, 1.54) is 0 Å². The van der Waals surface area contributed by atoms with Crippen molar-refractivity contribution in [3.05, 3.63) is 63.4 Å². The van der Waals surface area contributed by atoms with E-state index in [0.717, 1.165) is 20.9 Å². The van der Waals surface area contributed by atoms with Gasteiger partial charge in [-0.2, -0.15) is 0 Å². The lowest BCUT2D eigenvalue weighted by atomic mass is 10.1. The molecule has 0 atom stereocenters. The summed E-state index contributed by atoms with van der Waals surface area (Å²) in [5.41, 5.74) is 2.00. The zero-order chi connectivity index (χ0) is 19.7. The molecule has 0 bridgehead atoms. The van der Waals surface area contributed by atoms with Crippen LogP contribution in [0, 0.1) is 0 Å². The Kier molecular flexibility index (Phi) is 5.78. The number of nitrogens with zero attached hydrogens (tertiary/aromatic N) is 2. The molecule has 146 valence electrons. The van der Waals surface area contributed by atoms with Crippen LogP contribution in [-0.2, 0) is 9.84 Å². The van der Waals surface area contributed by atoms with Crippen molar-refractivity contribution in [2.45, 2.75) is 23.0 Å². The number of aromatic nitrogens is 1. The number of sulfone groups is 1. The minimum atomic E-state index is -3.42. The summed E-state index contributed by atoms with van der Waals surface area (Å²) in [5.74, 6) is 0. The van der Waals surface area contributed by atoms with Crippen LogP contribution in [0.15, 0.2) is 63.3 Å². The van der Waals surface area contributed by atoms with E-state index in [2.05, 4.69) is 20.8 Å². The number of hydrogen-bond donors (Lipinski definition) is 0. The van der Waals surface area contributed by atoms with E-state index < -0.39 is 15.1 Å². The maximum atomic E-state index is 13.0. The maximum absolute atomic E-state index is 13.0. The van der Waals surface area contributed by atoms with Gasteiger partial charge in [0, 0.05) is 28.5 Å². The fraction of sp³-hybridized carbons (Fsp3) is 0.250. The summed E-state index contributed by atoms with van der Waals surface area (Å²) in [6.45, 7) is 1.33. The maximum Gasteiger partial charge on any atom is 0.185 e. The van der Waals surface area contributed by atoms with E-state index in [-0.39, 0.29) is 4.90 Å². The van der Waals surface area contributed by atoms with Crippen LogP contribution in [0.4, 0.5) is 5.13 Å². The second-order valence-corrected chi connectivity index (χ2v) is 11.0. The second kappa shape index (κ2) is 8.14. The molecular formula is C20H18BrClN2O2S2. The molecule has 0 N–H and O–H groups in total. The van der Waals surface area contributed by atoms with Gasteiger partial charge in [-0.05, 0) is 37.1 Å². The summed E-state index contributed by atoms with van der Waals surface area (Å²) < 4.78 is 26.9. The highest BCUT2D eigenvalue weighted by molar-refractivity contribution is 9.10. The molecule has 4 nitrogen and oxygen atoms in total. The van der Waals surface area contributed by atoms with Crippen LogP contribution in [-0.4, -0.2) is 31.7 Å². The van der Waals surface area contributed by atoms with Crippen LogP contribution in [0.2, 0.25) is 5.02 Å². The summed E-state index contributed by atoms with van der Waals surface area (Å²) in [4.78, 5) is 7.17. The van der Waals surface area contributed by atoms with E-state index in [9.17, 15) is 8.42 Å². The predicted molar refractivity (Wildman–Crippen MR) is 119 cm³/mol. The quantitative estimate of drug-likeness (QED) is 0.466. The molecule has 1 aliphatic heterocycles. The van der Waals surface area contributed by atoms with Crippen molar-refractivity contribution in [2.24, 2.45) is 0 Å². The van der Waals surface area contributed by atoms with Crippen LogP contribution in [0.5, 0.6) is 0 Å². The molecule has 3 aromatic rings. The first-order valence-corrected chi connectivity index (χ1v) is 12.5. The predicted octanol–water partition coefficient (Wildman–Crippen LogP) is 5.67. The highest BCUT2D eigenvalue weighted by Crippen LogP contribution is 2.33. The van der Waals surface area contributed by atoms with E-state index in [1.54, 1.807) is 35.6 Å². The molecule has 2 aromatic carbocycles. The Morgan fingerprint density at radius 1 is 1.11 bits per heavy atom. The molecule has 1 fully saturated rings. The van der Waals surface area contributed by atoms with Gasteiger partial charge in [0.15, 0.2) is 15.0 Å². The summed E-state index contributed by atoms with van der Waals surface area (Å²) >= 11 is 11.2. The third-order valence-electron chi connectivity index (χ3n) is 4.91. The highest BCUT2D eigenvalue weighted by atomic mass is 79.9. The minimum absolute atomic E-state index is 0.237. The van der Waals surface area contributed by atoms with Gasteiger partial charge in [0.2, 0.25) is 0 Å². The smallest absolute Gasteiger partial charge is 0.185 e. The zero-order valence-electron chi connectivity index (χ0n) is 14.9. The molecule has 0 saturated carbocycles. The van der Waals surface area contributed by atoms with Crippen LogP contribution < -0.4 is 4.90 Å². The van der Waals surface area contributed by atoms with Crippen LogP contribution in [0.3, 0.4) is 0 Å². The second-order valence-electron chi connectivity index (χ2n) is 6.69. The van der Waals surface area contributed by atoms with Gasteiger partial charge >= 0.3 is 0 Å². The third-order valence-corrected chi connectivity index (χ3v) is 9.06. The van der Waals surface area contributed by atoms with Crippen molar-refractivity contribution >= 4 is 53.8 Å². The number of rotatable bonds is 4. The number of anilines is 1. The molecule has 1 aromatic heterocycles. The Bertz CT molecular complexity index is 1090. The Morgan fingerprint density at radius 2 is 1.86 bits per heavy atom. The van der Waals surface area contributed by atoms with Gasteiger partial charge in [-0.3, -0.25) is 0 Å². The summed E-state index contributed by atoms with van der Waals surface area (Å²) in [7, 11) is -3.42. The molecule has 2 heterocycles. The van der Waals surface area contributed by atoms with Crippen molar-refractivity contribution in [3.8, 4) is 11.3 Å². The lowest BCUT2D eigenvalue weighted by molar-refractivity contribution is 0.529. The molecule has 0 unspecified atom stereocenters. The molecular weight excluding hydrogens is 480 g/mol. The van der Waals surface area contributed by atoms with Crippen molar-refractivity contribution in [1.29, 1.82) is 0 Å². The van der Waals surface area contributed by atoms with Crippen molar-refractivity contribution in [1.82, 2.24) is 4.98 Å². The average molecular weight is 498 g/mol. The molecule has 0 amide bonds. The minimum Gasteiger partial charge on any atom is -0.348 e. The Labute approximate surface area is 182 Å². The van der Waals surface area contributed by atoms with Crippen molar-refractivity contribution in [3.63, 3.8) is 0 Å². The first-order chi connectivity index (χ1) is 13.4. The van der Waals surface area contributed by atoms with Gasteiger partial charge in [-0.15, -0.1) is 11.3 Å². The van der Waals surface area contributed by atoms with E-state index >= 15 is 0 Å². The number of benzene rings is 2. The summed E-state index contributed by atoms with van der Waals surface area (Å²) in [6.07, 6.45) is 1.14. The number of hydrogen-bond acceptors (Lipinski definition) is 5. The SMILES string of the molecule is O=S(=O)(c1ccccc1Cl)C1CCN(c2nc(-c3cccc(Br)c3)cs2)CC1. The van der Waals surface area contributed by atoms with Gasteiger partial charge < -0.3 is 4.90 Å². The first-order valence-electron chi connectivity index (χ1n) is 8.90. The number of piperidine rings is 1. The van der Waals surface area contributed by atoms with Gasteiger partial charge in [0.1, 0.15) is 0 Å². The van der Waals surface area contributed by atoms with Crippen molar-refractivity contribution < 1.29 is 8.42 Å². The van der Waals surface area contributed by atoms with Gasteiger partial charge in [-0.1, -0.05) is 51.8 Å². The highest BCUT2D eigenvalue weighted by Gasteiger charge is 2.33. The fourth-order valence-corrected chi connectivity index (χ4v) is 6.95. The first kappa shape index (κ1) is 19.9. The van der Waals surface area contributed by atoms with Gasteiger partial charge in [0.25, 0.3) is 0 Å². The molecule has 8 heteroatoms. The fourth-order valence-electron chi connectivity index (χ4n) is 3.40. The summed E-state index contributed by atoms with van der Waals surface area (Å²) in [5, 5.41) is 2.86. The van der Waals surface area contributed by atoms with E-state index in [1.807, 2.05) is 29.6 Å². The standard InChI is InChI=1S/C20H18BrClN2O2S2/c21-15-5-3-4-14(12-15)18-13-27-20(23-18)24-10-8-16(9-11-24)28(25,26)19-7-2-1-6-17(19)22/h1-7,12-13,16H,8-11H2. The van der Waals surface area contributed by atoms with Crippen molar-refractivity contribution in [2.75, 3.05) is 18.0 Å². The lowest BCUT2D eigenvalue weighted by Gasteiger charge is -2.31. The third kappa shape index (κ3) is 3.99. The molecule has 0 radical (unpaired) electrons.